The molecule has 1 heterocycles. The summed E-state index contributed by atoms with van der Waals surface area (Å²) >= 11 is 0. The Balaban J connectivity index is 1.84. The van der Waals surface area contributed by atoms with Gasteiger partial charge in [0.2, 0.25) is 0 Å². The second-order valence-corrected chi connectivity index (χ2v) is 7.21. The van der Waals surface area contributed by atoms with Crippen LogP contribution in [0, 0.1) is 11.3 Å². The molecule has 1 saturated carbocycles. The summed E-state index contributed by atoms with van der Waals surface area (Å²) in [4.78, 5) is 2.71. The van der Waals surface area contributed by atoms with Crippen LogP contribution in [0.5, 0.6) is 0 Å². The summed E-state index contributed by atoms with van der Waals surface area (Å²) in [5.41, 5.74) is 0.481. The second-order valence-electron chi connectivity index (χ2n) is 7.21. The third kappa shape index (κ3) is 3.96. The smallest absolute Gasteiger partial charge is 0.0223 e. The number of nitrogens with zero attached hydrogens (tertiary/aromatic N) is 1. The van der Waals surface area contributed by atoms with Gasteiger partial charge >= 0.3 is 0 Å². The van der Waals surface area contributed by atoms with Crippen LogP contribution in [0.4, 0.5) is 0 Å². The Morgan fingerprint density at radius 2 is 1.89 bits per heavy atom. The van der Waals surface area contributed by atoms with Crippen molar-refractivity contribution in [1.29, 1.82) is 0 Å². The zero-order valence-electron chi connectivity index (χ0n) is 12.7. The van der Waals surface area contributed by atoms with Crippen LogP contribution >= 0.6 is 0 Å². The highest BCUT2D eigenvalue weighted by molar-refractivity contribution is 4.87. The van der Waals surface area contributed by atoms with E-state index in [0.717, 1.165) is 12.0 Å². The maximum absolute atomic E-state index is 3.78. The Morgan fingerprint density at radius 3 is 2.56 bits per heavy atom. The summed E-state index contributed by atoms with van der Waals surface area (Å²) in [6.45, 7) is 12.1. The van der Waals surface area contributed by atoms with E-state index in [-0.39, 0.29) is 0 Å². The standard InChI is InChI=1S/C16H32N2/c1-4-16(2,3)13-18-11-10-17-15(12-18)14-8-6-5-7-9-14/h14-15,17H,4-13H2,1-3H3. The lowest BCUT2D eigenvalue weighted by atomic mass is 9.82. The Hall–Kier alpha value is -0.0800. The van der Waals surface area contributed by atoms with E-state index in [1.807, 2.05) is 0 Å². The molecule has 0 aromatic carbocycles. The maximum Gasteiger partial charge on any atom is 0.0223 e. The number of hydrogen-bond donors (Lipinski definition) is 1. The molecule has 0 spiro atoms. The van der Waals surface area contributed by atoms with Gasteiger partial charge < -0.3 is 5.32 Å². The summed E-state index contributed by atoms with van der Waals surface area (Å²) in [6, 6.07) is 0.770. The van der Waals surface area contributed by atoms with Gasteiger partial charge in [-0.2, -0.15) is 0 Å². The van der Waals surface area contributed by atoms with Gasteiger partial charge in [0.25, 0.3) is 0 Å². The van der Waals surface area contributed by atoms with E-state index in [2.05, 4.69) is 31.0 Å². The topological polar surface area (TPSA) is 15.3 Å². The van der Waals surface area contributed by atoms with Gasteiger partial charge in [0.15, 0.2) is 0 Å². The van der Waals surface area contributed by atoms with Crippen molar-refractivity contribution in [3.8, 4) is 0 Å². The van der Waals surface area contributed by atoms with Gasteiger partial charge in [-0.05, 0) is 30.6 Å². The molecule has 2 heteroatoms. The molecule has 1 aliphatic carbocycles. The fraction of sp³-hybridized carbons (Fsp3) is 1.00. The predicted octanol–water partition coefficient (Wildman–Crippen LogP) is 3.28. The highest BCUT2D eigenvalue weighted by Gasteiger charge is 2.29. The van der Waals surface area contributed by atoms with Crippen molar-refractivity contribution < 1.29 is 0 Å². The van der Waals surface area contributed by atoms with Crippen LogP contribution in [0.15, 0.2) is 0 Å². The fourth-order valence-corrected chi connectivity index (χ4v) is 3.56. The minimum Gasteiger partial charge on any atom is -0.311 e. The summed E-state index contributed by atoms with van der Waals surface area (Å²) < 4.78 is 0. The first kappa shape index (κ1) is 14.3. The van der Waals surface area contributed by atoms with Crippen LogP contribution in [0.1, 0.15) is 59.3 Å². The average molecular weight is 252 g/mol. The van der Waals surface area contributed by atoms with Gasteiger partial charge in [0.05, 0.1) is 0 Å². The first-order chi connectivity index (χ1) is 8.61. The molecular weight excluding hydrogens is 220 g/mol. The molecule has 2 nitrogen and oxygen atoms in total. The number of rotatable bonds is 4. The molecule has 1 N–H and O–H groups in total. The predicted molar refractivity (Wildman–Crippen MR) is 78.9 cm³/mol. The zero-order valence-corrected chi connectivity index (χ0v) is 12.7. The van der Waals surface area contributed by atoms with Crippen molar-refractivity contribution in [2.75, 3.05) is 26.2 Å². The van der Waals surface area contributed by atoms with Crippen molar-refractivity contribution in [1.82, 2.24) is 10.2 Å². The average Bonchev–Trinajstić information content (AvgIpc) is 2.40. The summed E-state index contributed by atoms with van der Waals surface area (Å²) in [5, 5.41) is 3.78. The SMILES string of the molecule is CCC(C)(C)CN1CCNC(C2CCCCC2)C1. The quantitative estimate of drug-likeness (QED) is 0.826. The first-order valence-electron chi connectivity index (χ1n) is 8.06. The summed E-state index contributed by atoms with van der Waals surface area (Å²) in [7, 11) is 0. The highest BCUT2D eigenvalue weighted by Crippen LogP contribution is 2.29. The van der Waals surface area contributed by atoms with Crippen LogP contribution < -0.4 is 5.32 Å². The van der Waals surface area contributed by atoms with E-state index >= 15 is 0 Å². The molecule has 0 aromatic rings. The Labute approximate surface area is 114 Å². The monoisotopic (exact) mass is 252 g/mol. The molecular formula is C16H32N2. The van der Waals surface area contributed by atoms with Gasteiger partial charge in [-0.25, -0.2) is 0 Å². The molecule has 18 heavy (non-hydrogen) atoms. The van der Waals surface area contributed by atoms with Crippen LogP contribution in [-0.4, -0.2) is 37.1 Å². The zero-order chi connectivity index (χ0) is 13.0. The van der Waals surface area contributed by atoms with Gasteiger partial charge in [-0.15, -0.1) is 0 Å². The van der Waals surface area contributed by atoms with Crippen LogP contribution in [0.2, 0.25) is 0 Å². The fourth-order valence-electron chi connectivity index (χ4n) is 3.56. The molecule has 0 aromatic heterocycles. The minimum absolute atomic E-state index is 0.481. The Kier molecular flexibility index (Phi) is 5.08. The third-order valence-electron chi connectivity index (χ3n) is 5.12. The van der Waals surface area contributed by atoms with Crippen LogP contribution in [0.3, 0.4) is 0 Å². The molecule has 106 valence electrons. The molecule has 2 rings (SSSR count). The molecule has 2 fully saturated rings. The van der Waals surface area contributed by atoms with E-state index < -0.39 is 0 Å². The molecule has 1 saturated heterocycles. The Morgan fingerprint density at radius 1 is 1.17 bits per heavy atom. The minimum atomic E-state index is 0.481. The largest absolute Gasteiger partial charge is 0.311 e. The maximum atomic E-state index is 3.78. The van der Waals surface area contributed by atoms with E-state index in [9.17, 15) is 0 Å². The van der Waals surface area contributed by atoms with Gasteiger partial charge in [-0.1, -0.05) is 40.0 Å². The summed E-state index contributed by atoms with van der Waals surface area (Å²) in [5.74, 6) is 0.950. The van der Waals surface area contributed by atoms with E-state index in [0.29, 0.717) is 5.41 Å². The molecule has 0 amide bonds. The number of piperazine rings is 1. The van der Waals surface area contributed by atoms with Crippen LogP contribution in [-0.2, 0) is 0 Å². The van der Waals surface area contributed by atoms with E-state index in [1.165, 1.54) is 64.7 Å². The molecule has 0 radical (unpaired) electrons. The normalized spacial score (nSPS) is 28.5. The molecule has 1 unspecified atom stereocenters. The van der Waals surface area contributed by atoms with Crippen molar-refractivity contribution in [2.24, 2.45) is 11.3 Å². The van der Waals surface area contributed by atoms with Gasteiger partial charge in [0, 0.05) is 32.2 Å². The molecule has 1 aliphatic heterocycles. The summed E-state index contributed by atoms with van der Waals surface area (Å²) in [6.07, 6.45) is 8.60. The van der Waals surface area contributed by atoms with Crippen molar-refractivity contribution in [3.63, 3.8) is 0 Å². The molecule has 2 aliphatic rings. The lowest BCUT2D eigenvalue weighted by molar-refractivity contribution is 0.106. The third-order valence-corrected chi connectivity index (χ3v) is 5.12. The van der Waals surface area contributed by atoms with Crippen LogP contribution in [0.25, 0.3) is 0 Å². The molecule has 1 atom stereocenters. The number of nitrogens with one attached hydrogen (secondary N) is 1. The lowest BCUT2D eigenvalue weighted by Crippen LogP contribution is -2.55. The van der Waals surface area contributed by atoms with Gasteiger partial charge in [-0.3, -0.25) is 4.90 Å². The van der Waals surface area contributed by atoms with E-state index in [4.69, 9.17) is 0 Å². The van der Waals surface area contributed by atoms with E-state index in [1.54, 1.807) is 0 Å². The second kappa shape index (κ2) is 6.38. The van der Waals surface area contributed by atoms with Crippen molar-refractivity contribution in [2.45, 2.75) is 65.3 Å². The number of hydrogen-bond acceptors (Lipinski definition) is 2. The highest BCUT2D eigenvalue weighted by atomic mass is 15.2. The van der Waals surface area contributed by atoms with Gasteiger partial charge in [0.1, 0.15) is 0 Å². The first-order valence-corrected chi connectivity index (χ1v) is 8.06. The lowest BCUT2D eigenvalue weighted by Gasteiger charge is -2.42. The van der Waals surface area contributed by atoms with Crippen molar-refractivity contribution in [3.05, 3.63) is 0 Å². The van der Waals surface area contributed by atoms with Crippen molar-refractivity contribution >= 4 is 0 Å². The Bertz CT molecular complexity index is 243. The molecule has 0 bridgehead atoms.